The van der Waals surface area contributed by atoms with Crippen molar-refractivity contribution < 1.29 is 19.4 Å². The van der Waals surface area contributed by atoms with E-state index in [2.05, 4.69) is 5.32 Å². The summed E-state index contributed by atoms with van der Waals surface area (Å²) in [5.74, 6) is -0.211. The van der Waals surface area contributed by atoms with E-state index in [4.69, 9.17) is 9.84 Å². The second-order valence-electron chi connectivity index (χ2n) is 6.61. The maximum absolute atomic E-state index is 12.0. The normalized spacial score (nSPS) is 17.4. The highest BCUT2D eigenvalue weighted by Crippen LogP contribution is 2.28. The Labute approximate surface area is 133 Å². The fourth-order valence-electron chi connectivity index (χ4n) is 3.06. The molecule has 1 atom stereocenters. The van der Waals surface area contributed by atoms with Crippen molar-refractivity contribution in [3.05, 3.63) is 0 Å². The summed E-state index contributed by atoms with van der Waals surface area (Å²) in [7, 11) is 0. The van der Waals surface area contributed by atoms with Crippen LogP contribution in [0.1, 0.15) is 71.6 Å². The minimum Gasteiger partial charge on any atom is -0.481 e. The van der Waals surface area contributed by atoms with Crippen LogP contribution in [0.5, 0.6) is 0 Å². The molecule has 0 heterocycles. The van der Waals surface area contributed by atoms with Gasteiger partial charge in [-0.1, -0.05) is 32.1 Å². The lowest BCUT2D eigenvalue weighted by Gasteiger charge is -2.27. The van der Waals surface area contributed by atoms with Crippen LogP contribution < -0.4 is 5.32 Å². The molecule has 0 aromatic heterocycles. The molecule has 22 heavy (non-hydrogen) atoms. The summed E-state index contributed by atoms with van der Waals surface area (Å²) in [5, 5.41) is 11.9. The number of aliphatic carboxylic acids is 1. The van der Waals surface area contributed by atoms with Crippen molar-refractivity contribution >= 4 is 11.9 Å². The second-order valence-corrected chi connectivity index (χ2v) is 6.61. The van der Waals surface area contributed by atoms with Gasteiger partial charge in [-0.25, -0.2) is 0 Å². The molecule has 1 aliphatic rings. The van der Waals surface area contributed by atoms with Crippen LogP contribution in [-0.4, -0.2) is 35.7 Å². The highest BCUT2D eigenvalue weighted by Gasteiger charge is 2.21. The topological polar surface area (TPSA) is 75.6 Å². The van der Waals surface area contributed by atoms with E-state index in [1.807, 2.05) is 13.8 Å². The predicted octanol–water partition coefficient (Wildman–Crippen LogP) is 3.12. The molecule has 128 valence electrons. The zero-order valence-corrected chi connectivity index (χ0v) is 14.0. The molecular formula is C17H31NO4. The van der Waals surface area contributed by atoms with Gasteiger partial charge in [-0.3, -0.25) is 9.59 Å². The second kappa shape index (κ2) is 10.6. The lowest BCUT2D eigenvalue weighted by molar-refractivity contribution is -0.137. The summed E-state index contributed by atoms with van der Waals surface area (Å²) in [6.07, 6.45) is 8.22. The van der Waals surface area contributed by atoms with E-state index < -0.39 is 5.97 Å². The van der Waals surface area contributed by atoms with Gasteiger partial charge >= 0.3 is 5.97 Å². The van der Waals surface area contributed by atoms with Gasteiger partial charge in [0.15, 0.2) is 0 Å². The third-order valence-corrected chi connectivity index (χ3v) is 4.19. The number of carbonyl (C=O) groups is 2. The Kier molecular flexibility index (Phi) is 9.13. The van der Waals surface area contributed by atoms with Crippen LogP contribution in [-0.2, 0) is 14.3 Å². The molecule has 0 radical (unpaired) electrons. The monoisotopic (exact) mass is 313 g/mol. The van der Waals surface area contributed by atoms with Gasteiger partial charge in [0.1, 0.15) is 0 Å². The third kappa shape index (κ3) is 9.03. The zero-order chi connectivity index (χ0) is 16.4. The van der Waals surface area contributed by atoms with E-state index in [9.17, 15) is 9.59 Å². The number of carbonyl (C=O) groups excluding carboxylic acids is 1. The first-order chi connectivity index (χ1) is 10.5. The van der Waals surface area contributed by atoms with Crippen molar-refractivity contribution in [2.24, 2.45) is 5.92 Å². The molecular weight excluding hydrogens is 282 g/mol. The highest BCUT2D eigenvalue weighted by molar-refractivity contribution is 5.76. The summed E-state index contributed by atoms with van der Waals surface area (Å²) in [4.78, 5) is 22.8. The van der Waals surface area contributed by atoms with Crippen molar-refractivity contribution in [1.29, 1.82) is 0 Å². The van der Waals surface area contributed by atoms with Crippen LogP contribution in [0.2, 0.25) is 0 Å². The summed E-state index contributed by atoms with van der Waals surface area (Å²) in [6, 6.07) is -0.0225. The lowest BCUT2D eigenvalue weighted by Crippen LogP contribution is -2.37. The Bertz CT molecular complexity index is 338. The van der Waals surface area contributed by atoms with Crippen molar-refractivity contribution in [2.45, 2.75) is 83.8 Å². The van der Waals surface area contributed by atoms with Crippen LogP contribution in [0.4, 0.5) is 0 Å². The Morgan fingerprint density at radius 2 is 1.86 bits per heavy atom. The van der Waals surface area contributed by atoms with E-state index in [0.29, 0.717) is 25.4 Å². The molecule has 1 fully saturated rings. The largest absolute Gasteiger partial charge is 0.481 e. The number of carboxylic acids is 1. The molecule has 5 nitrogen and oxygen atoms in total. The van der Waals surface area contributed by atoms with Crippen LogP contribution in [0, 0.1) is 5.92 Å². The quantitative estimate of drug-likeness (QED) is 0.650. The van der Waals surface area contributed by atoms with E-state index in [1.54, 1.807) is 0 Å². The summed E-state index contributed by atoms with van der Waals surface area (Å²) in [5.41, 5.74) is 0. The number of nitrogens with one attached hydrogen (secondary N) is 1. The van der Waals surface area contributed by atoms with Gasteiger partial charge in [-0.2, -0.15) is 0 Å². The minimum atomic E-state index is -0.800. The molecule has 5 heteroatoms. The Morgan fingerprint density at radius 1 is 1.18 bits per heavy atom. The fourth-order valence-corrected chi connectivity index (χ4v) is 3.06. The molecule has 0 aromatic rings. The van der Waals surface area contributed by atoms with Crippen LogP contribution in [0.3, 0.4) is 0 Å². The van der Waals surface area contributed by atoms with Gasteiger partial charge in [0.2, 0.25) is 5.91 Å². The maximum atomic E-state index is 12.0. The molecule has 0 saturated heterocycles. The standard InChI is InChI=1S/C17H31NO4/c1-13(2)22-11-10-16(19)18-15(8-9-17(20)21)12-14-6-4-3-5-7-14/h13-15H,3-12H2,1-2H3,(H,18,19)(H,20,21). The van der Waals surface area contributed by atoms with Crippen LogP contribution in [0.25, 0.3) is 0 Å². The molecule has 1 unspecified atom stereocenters. The van der Waals surface area contributed by atoms with Crippen molar-refractivity contribution in [2.75, 3.05) is 6.61 Å². The average molecular weight is 313 g/mol. The average Bonchev–Trinajstić information content (AvgIpc) is 2.45. The van der Waals surface area contributed by atoms with Gasteiger partial charge in [-0.15, -0.1) is 0 Å². The molecule has 2 N–H and O–H groups in total. The van der Waals surface area contributed by atoms with Crippen molar-refractivity contribution in [3.8, 4) is 0 Å². The van der Waals surface area contributed by atoms with Crippen molar-refractivity contribution in [1.82, 2.24) is 5.32 Å². The fraction of sp³-hybridized carbons (Fsp3) is 0.882. The molecule has 1 saturated carbocycles. The SMILES string of the molecule is CC(C)OCCC(=O)NC(CCC(=O)O)CC1CCCCC1. The number of rotatable bonds is 10. The summed E-state index contributed by atoms with van der Waals surface area (Å²) < 4.78 is 5.39. The van der Waals surface area contributed by atoms with Crippen LogP contribution >= 0.6 is 0 Å². The van der Waals surface area contributed by atoms with Crippen molar-refractivity contribution in [3.63, 3.8) is 0 Å². The molecule has 0 bridgehead atoms. The first-order valence-electron chi connectivity index (χ1n) is 8.60. The van der Waals surface area contributed by atoms with E-state index in [1.165, 1.54) is 32.1 Å². The smallest absolute Gasteiger partial charge is 0.303 e. The lowest BCUT2D eigenvalue weighted by atomic mass is 9.84. The molecule has 0 spiro atoms. The van der Waals surface area contributed by atoms with E-state index in [-0.39, 0.29) is 24.5 Å². The maximum Gasteiger partial charge on any atom is 0.303 e. The number of hydrogen-bond acceptors (Lipinski definition) is 3. The van der Waals surface area contributed by atoms with Gasteiger partial charge in [0, 0.05) is 18.9 Å². The van der Waals surface area contributed by atoms with Gasteiger partial charge < -0.3 is 15.2 Å². The molecule has 1 amide bonds. The molecule has 1 aliphatic carbocycles. The van der Waals surface area contributed by atoms with Gasteiger partial charge in [0.25, 0.3) is 0 Å². The third-order valence-electron chi connectivity index (χ3n) is 4.19. The van der Waals surface area contributed by atoms with E-state index >= 15 is 0 Å². The first-order valence-corrected chi connectivity index (χ1v) is 8.60. The first kappa shape index (κ1) is 18.9. The van der Waals surface area contributed by atoms with Gasteiger partial charge in [0.05, 0.1) is 12.7 Å². The highest BCUT2D eigenvalue weighted by atomic mass is 16.5. The Morgan fingerprint density at radius 3 is 2.45 bits per heavy atom. The molecule has 1 rings (SSSR count). The summed E-state index contributed by atoms with van der Waals surface area (Å²) in [6.45, 7) is 4.30. The number of amides is 1. The number of ether oxygens (including phenoxy) is 1. The Balaban J connectivity index is 2.38. The minimum absolute atomic E-state index is 0.0225. The number of hydrogen-bond donors (Lipinski definition) is 2. The summed E-state index contributed by atoms with van der Waals surface area (Å²) >= 11 is 0. The molecule has 0 aliphatic heterocycles. The van der Waals surface area contributed by atoms with Crippen LogP contribution in [0.15, 0.2) is 0 Å². The van der Waals surface area contributed by atoms with Gasteiger partial charge in [-0.05, 0) is 32.6 Å². The van der Waals surface area contributed by atoms with E-state index in [0.717, 1.165) is 6.42 Å². The zero-order valence-electron chi connectivity index (χ0n) is 14.0. The molecule has 0 aromatic carbocycles. The predicted molar refractivity (Wildman–Crippen MR) is 85.7 cm³/mol. The number of carboxylic acid groups (broad SMARTS) is 1. The Hall–Kier alpha value is -1.10.